The van der Waals surface area contributed by atoms with Crippen LogP contribution < -0.4 is 21.1 Å². The van der Waals surface area contributed by atoms with Gasteiger partial charge in [-0.15, -0.1) is 37.1 Å². The second-order valence-corrected chi connectivity index (χ2v) is 5.08. The fraction of sp³-hybridized carbons (Fsp3) is 0.429. The Kier molecular flexibility index (Phi) is 7.58. The molecule has 1 atom stereocenters. The second-order valence-electron chi connectivity index (χ2n) is 5.08. The molecule has 24 heavy (non-hydrogen) atoms. The van der Waals surface area contributed by atoms with Gasteiger partial charge in [0.25, 0.3) is 0 Å². The first-order valence-electron chi connectivity index (χ1n) is 7.04. The molecule has 134 valence electrons. The molecule has 1 amide bonds. The number of nitrogens with zero attached hydrogens (tertiary/aromatic N) is 1. The standard InChI is InChI=1S/C14H17F3N4O2.HI/c15-14(16,17)23-11-6-4-9(5-7-11)21-13(18)19-8-10-2-1-3-12(22)20-10;/h4-7,10H,1-3,8H2,(H,20,22)(H3,18,19,21);1H. The van der Waals surface area contributed by atoms with Gasteiger partial charge in [0.1, 0.15) is 5.75 Å². The van der Waals surface area contributed by atoms with E-state index in [2.05, 4.69) is 20.4 Å². The number of rotatable bonds is 4. The van der Waals surface area contributed by atoms with Crippen molar-refractivity contribution in [1.82, 2.24) is 5.32 Å². The van der Waals surface area contributed by atoms with Crippen molar-refractivity contribution in [2.45, 2.75) is 31.7 Å². The van der Waals surface area contributed by atoms with Gasteiger partial charge >= 0.3 is 6.36 Å². The summed E-state index contributed by atoms with van der Waals surface area (Å²) in [5.41, 5.74) is 6.19. The van der Waals surface area contributed by atoms with Crippen LogP contribution >= 0.6 is 24.0 Å². The third-order valence-corrected chi connectivity index (χ3v) is 3.16. The molecule has 10 heteroatoms. The summed E-state index contributed by atoms with van der Waals surface area (Å²) in [4.78, 5) is 15.4. The first-order chi connectivity index (χ1) is 10.8. The van der Waals surface area contributed by atoms with Gasteiger partial charge in [-0.2, -0.15) is 0 Å². The molecule has 0 radical (unpaired) electrons. The maximum Gasteiger partial charge on any atom is 0.573 e. The van der Waals surface area contributed by atoms with E-state index in [9.17, 15) is 18.0 Å². The molecule has 0 bridgehead atoms. The highest BCUT2D eigenvalue weighted by Crippen LogP contribution is 2.23. The number of piperidine rings is 1. The SMILES string of the molecule is I.NC(=NCC1CCCC(=O)N1)Nc1ccc(OC(F)(F)F)cc1. The van der Waals surface area contributed by atoms with Gasteiger partial charge in [-0.3, -0.25) is 9.79 Å². The number of carbonyl (C=O) groups is 1. The summed E-state index contributed by atoms with van der Waals surface area (Å²) in [5.74, 6) is -0.193. The van der Waals surface area contributed by atoms with Gasteiger partial charge in [0, 0.05) is 18.2 Å². The average Bonchev–Trinajstić information content (AvgIpc) is 2.46. The van der Waals surface area contributed by atoms with Crippen molar-refractivity contribution in [3.63, 3.8) is 0 Å². The number of benzene rings is 1. The number of halogens is 4. The Morgan fingerprint density at radius 2 is 2.04 bits per heavy atom. The molecule has 0 saturated carbocycles. The number of aliphatic imine (C=N–C) groups is 1. The fourth-order valence-corrected chi connectivity index (χ4v) is 2.15. The molecule has 1 aliphatic rings. The van der Waals surface area contributed by atoms with E-state index in [0.29, 0.717) is 18.7 Å². The minimum atomic E-state index is -4.72. The summed E-state index contributed by atoms with van der Waals surface area (Å²) >= 11 is 0. The van der Waals surface area contributed by atoms with Crippen LogP contribution in [0, 0.1) is 0 Å². The summed E-state index contributed by atoms with van der Waals surface area (Å²) < 4.78 is 39.9. The smallest absolute Gasteiger partial charge is 0.406 e. The van der Waals surface area contributed by atoms with Crippen molar-refractivity contribution in [3.05, 3.63) is 24.3 Å². The number of alkyl halides is 3. The third kappa shape index (κ3) is 7.23. The first kappa shape index (κ1) is 20.3. The van der Waals surface area contributed by atoms with E-state index in [-0.39, 0.29) is 47.6 Å². The molecular weight excluding hydrogens is 440 g/mol. The van der Waals surface area contributed by atoms with Gasteiger partial charge in [0.05, 0.1) is 6.54 Å². The van der Waals surface area contributed by atoms with Gasteiger partial charge in [-0.05, 0) is 37.1 Å². The minimum Gasteiger partial charge on any atom is -0.406 e. The fourth-order valence-electron chi connectivity index (χ4n) is 2.15. The Morgan fingerprint density at radius 3 is 2.62 bits per heavy atom. The lowest BCUT2D eigenvalue weighted by Gasteiger charge is -2.21. The van der Waals surface area contributed by atoms with Gasteiger partial charge in [-0.25, -0.2) is 0 Å². The van der Waals surface area contributed by atoms with Crippen LogP contribution in [0.15, 0.2) is 29.3 Å². The Morgan fingerprint density at radius 1 is 1.38 bits per heavy atom. The molecule has 1 fully saturated rings. The first-order valence-corrected chi connectivity index (χ1v) is 7.04. The summed E-state index contributed by atoms with van der Waals surface area (Å²) in [7, 11) is 0. The van der Waals surface area contributed by atoms with E-state index in [4.69, 9.17) is 5.73 Å². The number of hydrogen-bond donors (Lipinski definition) is 3. The number of guanidine groups is 1. The zero-order valence-corrected chi connectivity index (χ0v) is 14.9. The topological polar surface area (TPSA) is 88.7 Å². The molecule has 6 nitrogen and oxygen atoms in total. The van der Waals surface area contributed by atoms with Crippen LogP contribution in [-0.2, 0) is 4.79 Å². The third-order valence-electron chi connectivity index (χ3n) is 3.16. The highest BCUT2D eigenvalue weighted by atomic mass is 127. The summed E-state index contributed by atoms with van der Waals surface area (Å²) in [5, 5.41) is 5.57. The maximum atomic E-state index is 12.0. The largest absolute Gasteiger partial charge is 0.573 e. The van der Waals surface area contributed by atoms with Crippen LogP contribution in [-0.4, -0.2) is 30.8 Å². The quantitative estimate of drug-likeness (QED) is 0.368. The van der Waals surface area contributed by atoms with E-state index in [0.717, 1.165) is 12.8 Å². The van der Waals surface area contributed by atoms with Crippen molar-refractivity contribution in [2.75, 3.05) is 11.9 Å². The zero-order chi connectivity index (χ0) is 16.9. The lowest BCUT2D eigenvalue weighted by molar-refractivity contribution is -0.274. The molecular formula is C14H18F3IN4O2. The van der Waals surface area contributed by atoms with E-state index in [1.807, 2.05) is 0 Å². The van der Waals surface area contributed by atoms with E-state index < -0.39 is 6.36 Å². The summed E-state index contributed by atoms with van der Waals surface area (Å²) in [6.45, 7) is 0.347. The van der Waals surface area contributed by atoms with Crippen molar-refractivity contribution in [1.29, 1.82) is 0 Å². The molecule has 1 saturated heterocycles. The minimum absolute atomic E-state index is 0. The number of ether oxygens (including phenoxy) is 1. The number of nitrogens with one attached hydrogen (secondary N) is 2. The molecule has 1 aromatic carbocycles. The van der Waals surface area contributed by atoms with Gasteiger partial charge < -0.3 is 21.1 Å². The molecule has 0 aliphatic carbocycles. The highest BCUT2D eigenvalue weighted by molar-refractivity contribution is 14.0. The Hall–Kier alpha value is -1.72. The van der Waals surface area contributed by atoms with Crippen molar-refractivity contribution < 1.29 is 22.7 Å². The Balaban J connectivity index is 0.00000288. The number of carbonyl (C=O) groups excluding carboxylic acids is 1. The van der Waals surface area contributed by atoms with Gasteiger partial charge in [-0.1, -0.05) is 0 Å². The molecule has 1 aliphatic heterocycles. The predicted molar refractivity (Wildman–Crippen MR) is 94.4 cm³/mol. The zero-order valence-electron chi connectivity index (χ0n) is 12.6. The lowest BCUT2D eigenvalue weighted by Crippen LogP contribution is -2.41. The Bertz CT molecular complexity index is 578. The van der Waals surface area contributed by atoms with Crippen LogP contribution in [0.1, 0.15) is 19.3 Å². The summed E-state index contributed by atoms with van der Waals surface area (Å²) in [6.07, 6.45) is -2.54. The Labute approximate surface area is 154 Å². The van der Waals surface area contributed by atoms with Crippen molar-refractivity contribution >= 4 is 41.5 Å². The normalized spacial score (nSPS) is 18.4. The molecule has 1 heterocycles. The molecule has 1 aromatic rings. The van der Waals surface area contributed by atoms with Crippen LogP contribution in [0.2, 0.25) is 0 Å². The predicted octanol–water partition coefficient (Wildman–Crippen LogP) is 2.60. The molecule has 2 rings (SSSR count). The van der Waals surface area contributed by atoms with E-state index >= 15 is 0 Å². The number of hydrogen-bond acceptors (Lipinski definition) is 3. The second kappa shape index (κ2) is 8.94. The van der Waals surface area contributed by atoms with Crippen LogP contribution in [0.4, 0.5) is 18.9 Å². The van der Waals surface area contributed by atoms with Crippen molar-refractivity contribution in [3.8, 4) is 5.75 Å². The molecule has 1 unspecified atom stereocenters. The summed E-state index contributed by atoms with van der Waals surface area (Å²) in [6, 6.07) is 5.09. The van der Waals surface area contributed by atoms with Crippen molar-refractivity contribution in [2.24, 2.45) is 10.7 Å². The monoisotopic (exact) mass is 458 g/mol. The van der Waals surface area contributed by atoms with Gasteiger partial charge in [0.2, 0.25) is 5.91 Å². The maximum absolute atomic E-state index is 12.0. The number of amides is 1. The van der Waals surface area contributed by atoms with Crippen LogP contribution in [0.25, 0.3) is 0 Å². The number of anilines is 1. The molecule has 0 aromatic heterocycles. The van der Waals surface area contributed by atoms with Crippen LogP contribution in [0.5, 0.6) is 5.75 Å². The van der Waals surface area contributed by atoms with E-state index in [1.165, 1.54) is 24.3 Å². The van der Waals surface area contributed by atoms with E-state index in [1.54, 1.807) is 0 Å². The van der Waals surface area contributed by atoms with Gasteiger partial charge in [0.15, 0.2) is 5.96 Å². The number of nitrogens with two attached hydrogens (primary N) is 1. The van der Waals surface area contributed by atoms with Crippen LogP contribution in [0.3, 0.4) is 0 Å². The highest BCUT2D eigenvalue weighted by Gasteiger charge is 2.30. The molecule has 0 spiro atoms. The molecule has 4 N–H and O–H groups in total. The average molecular weight is 458 g/mol. The lowest BCUT2D eigenvalue weighted by atomic mass is 10.0.